The van der Waals surface area contributed by atoms with Crippen LogP contribution in [0.3, 0.4) is 0 Å². The average Bonchev–Trinajstić information content (AvgIpc) is 3.08. The molecule has 1 unspecified atom stereocenters. The highest BCUT2D eigenvalue weighted by Crippen LogP contribution is 2.24. The number of carbonyl (C=O) groups is 1. The van der Waals surface area contributed by atoms with E-state index in [1.54, 1.807) is 0 Å². The number of benzene rings is 2. The number of ether oxygens (including phenoxy) is 1. The lowest BCUT2D eigenvalue weighted by molar-refractivity contribution is -0.123. The molecule has 1 atom stereocenters. The van der Waals surface area contributed by atoms with Gasteiger partial charge in [-0.15, -0.1) is 0 Å². The fourth-order valence-corrected chi connectivity index (χ4v) is 3.47. The van der Waals surface area contributed by atoms with Crippen LogP contribution in [0.4, 0.5) is 0 Å². The van der Waals surface area contributed by atoms with Crippen LogP contribution < -0.4 is 20.8 Å². The lowest BCUT2D eigenvalue weighted by Crippen LogP contribution is -2.46. The molecule has 0 aliphatic carbocycles. The zero-order chi connectivity index (χ0) is 18.6. The zero-order valence-electron chi connectivity index (χ0n) is 15.1. The molecule has 4 rings (SSSR count). The largest absolute Gasteiger partial charge is 0.491 e. The molecular formula is C20H23BN2O4. The molecule has 2 aromatic rings. The minimum Gasteiger partial charge on any atom is -0.457 e. The van der Waals surface area contributed by atoms with E-state index in [1.165, 1.54) is 0 Å². The van der Waals surface area contributed by atoms with E-state index in [2.05, 4.69) is 10.6 Å². The number of hydrogen-bond donors (Lipinski definition) is 3. The molecule has 1 fully saturated rings. The normalized spacial score (nSPS) is 18.9. The molecule has 140 valence electrons. The van der Waals surface area contributed by atoms with Gasteiger partial charge in [0, 0.05) is 6.54 Å². The summed E-state index contributed by atoms with van der Waals surface area (Å²) in [7, 11) is -0.840. The first-order valence-corrected chi connectivity index (χ1v) is 9.39. The molecular weight excluding hydrogens is 343 g/mol. The molecule has 0 aromatic heterocycles. The first-order valence-electron chi connectivity index (χ1n) is 9.39. The SMILES string of the molecule is O=C(NCc1ccc(Oc2ccc3c(c2)COB3O)cc1)C1CCCCN1. The van der Waals surface area contributed by atoms with Crippen LogP contribution in [-0.4, -0.2) is 30.6 Å². The topological polar surface area (TPSA) is 79.8 Å². The molecule has 2 aromatic carbocycles. The summed E-state index contributed by atoms with van der Waals surface area (Å²) in [5, 5.41) is 15.9. The van der Waals surface area contributed by atoms with Crippen molar-refractivity contribution in [2.45, 2.75) is 38.5 Å². The second-order valence-corrected chi connectivity index (χ2v) is 6.99. The highest BCUT2D eigenvalue weighted by atomic mass is 16.5. The van der Waals surface area contributed by atoms with Gasteiger partial charge in [0.15, 0.2) is 0 Å². The van der Waals surface area contributed by atoms with Crippen LogP contribution in [0.25, 0.3) is 0 Å². The molecule has 0 saturated carbocycles. The maximum atomic E-state index is 12.2. The van der Waals surface area contributed by atoms with Crippen LogP contribution in [0, 0.1) is 0 Å². The minimum absolute atomic E-state index is 0.0661. The lowest BCUT2D eigenvalue weighted by Gasteiger charge is -2.22. The minimum atomic E-state index is -0.840. The summed E-state index contributed by atoms with van der Waals surface area (Å²) in [5.41, 5.74) is 2.76. The van der Waals surface area contributed by atoms with Gasteiger partial charge in [-0.1, -0.05) is 24.6 Å². The van der Waals surface area contributed by atoms with Crippen LogP contribution in [0.1, 0.15) is 30.4 Å². The summed E-state index contributed by atoms with van der Waals surface area (Å²) < 4.78 is 11.1. The standard InChI is InChI=1S/C20H23BN2O4/c24-20(19-3-1-2-10-22-19)23-12-14-4-6-16(7-5-14)27-17-8-9-18-15(11-17)13-26-21(18)25/h4-9,11,19,22,25H,1-3,10,12-13H2,(H,23,24). The third-order valence-corrected chi connectivity index (χ3v) is 5.03. The van der Waals surface area contributed by atoms with Crippen LogP contribution in [0.2, 0.25) is 0 Å². The quantitative estimate of drug-likeness (QED) is 0.699. The van der Waals surface area contributed by atoms with Gasteiger partial charge in [-0.25, -0.2) is 0 Å². The monoisotopic (exact) mass is 366 g/mol. The first kappa shape index (κ1) is 18.0. The molecule has 0 spiro atoms. The van der Waals surface area contributed by atoms with Crippen LogP contribution in [-0.2, 0) is 22.6 Å². The number of hydrogen-bond acceptors (Lipinski definition) is 5. The molecule has 2 aliphatic heterocycles. The van der Waals surface area contributed by atoms with E-state index in [-0.39, 0.29) is 11.9 Å². The van der Waals surface area contributed by atoms with E-state index in [1.807, 2.05) is 42.5 Å². The lowest BCUT2D eigenvalue weighted by atomic mass is 9.80. The number of carbonyl (C=O) groups excluding carboxylic acids is 1. The van der Waals surface area contributed by atoms with Crippen molar-refractivity contribution >= 4 is 18.5 Å². The van der Waals surface area contributed by atoms with E-state index in [0.29, 0.717) is 18.9 Å². The Kier molecular flexibility index (Phi) is 5.43. The Labute approximate surface area is 159 Å². The Balaban J connectivity index is 1.32. The number of amides is 1. The maximum Gasteiger partial charge on any atom is 0.491 e. The molecule has 0 bridgehead atoms. The Morgan fingerprint density at radius 3 is 2.81 bits per heavy atom. The Morgan fingerprint density at radius 2 is 2.04 bits per heavy atom. The van der Waals surface area contributed by atoms with Gasteiger partial charge < -0.3 is 25.0 Å². The van der Waals surface area contributed by atoms with Gasteiger partial charge in [0.25, 0.3) is 0 Å². The van der Waals surface area contributed by atoms with Crippen molar-refractivity contribution < 1.29 is 19.2 Å². The fourth-order valence-electron chi connectivity index (χ4n) is 3.47. The molecule has 7 heteroatoms. The fraction of sp³-hybridized carbons (Fsp3) is 0.350. The van der Waals surface area contributed by atoms with E-state index in [4.69, 9.17) is 9.39 Å². The van der Waals surface area contributed by atoms with Crippen molar-refractivity contribution in [3.8, 4) is 11.5 Å². The van der Waals surface area contributed by atoms with Crippen molar-refractivity contribution in [3.63, 3.8) is 0 Å². The average molecular weight is 366 g/mol. The van der Waals surface area contributed by atoms with E-state index in [9.17, 15) is 9.82 Å². The van der Waals surface area contributed by atoms with Gasteiger partial charge in [0.2, 0.25) is 5.91 Å². The number of rotatable bonds is 5. The predicted octanol–water partition coefficient (Wildman–Crippen LogP) is 1.45. The van der Waals surface area contributed by atoms with Crippen molar-refractivity contribution in [1.82, 2.24) is 10.6 Å². The summed E-state index contributed by atoms with van der Waals surface area (Å²) in [6, 6.07) is 13.1. The molecule has 1 saturated heterocycles. The highest BCUT2D eigenvalue weighted by molar-refractivity contribution is 6.61. The third-order valence-electron chi connectivity index (χ3n) is 5.03. The molecule has 27 heavy (non-hydrogen) atoms. The van der Waals surface area contributed by atoms with E-state index >= 15 is 0 Å². The summed E-state index contributed by atoms with van der Waals surface area (Å²) in [4.78, 5) is 12.2. The van der Waals surface area contributed by atoms with Crippen LogP contribution in [0.15, 0.2) is 42.5 Å². The van der Waals surface area contributed by atoms with E-state index < -0.39 is 7.12 Å². The third kappa shape index (κ3) is 4.32. The van der Waals surface area contributed by atoms with Crippen molar-refractivity contribution in [2.24, 2.45) is 0 Å². The van der Waals surface area contributed by atoms with Gasteiger partial charge in [0.05, 0.1) is 12.6 Å². The maximum absolute atomic E-state index is 12.2. The van der Waals surface area contributed by atoms with Gasteiger partial charge in [-0.3, -0.25) is 4.79 Å². The summed E-state index contributed by atoms with van der Waals surface area (Å²) in [5.74, 6) is 1.49. The second-order valence-electron chi connectivity index (χ2n) is 6.99. The first-order chi connectivity index (χ1) is 13.2. The summed E-state index contributed by atoms with van der Waals surface area (Å²) in [6.07, 6.45) is 3.15. The molecule has 6 nitrogen and oxygen atoms in total. The predicted molar refractivity (Wildman–Crippen MR) is 103 cm³/mol. The van der Waals surface area contributed by atoms with Crippen molar-refractivity contribution in [1.29, 1.82) is 0 Å². The van der Waals surface area contributed by atoms with Gasteiger partial charge >= 0.3 is 7.12 Å². The number of nitrogens with one attached hydrogen (secondary N) is 2. The zero-order valence-corrected chi connectivity index (χ0v) is 15.1. The highest BCUT2D eigenvalue weighted by Gasteiger charge is 2.27. The number of piperidine rings is 1. The van der Waals surface area contributed by atoms with Crippen molar-refractivity contribution in [2.75, 3.05) is 6.54 Å². The van der Waals surface area contributed by atoms with Crippen LogP contribution >= 0.6 is 0 Å². The molecule has 3 N–H and O–H groups in total. The number of fused-ring (bicyclic) bond motifs is 1. The molecule has 1 amide bonds. The summed E-state index contributed by atoms with van der Waals surface area (Å²) in [6.45, 7) is 1.81. The van der Waals surface area contributed by atoms with Crippen LogP contribution in [0.5, 0.6) is 11.5 Å². The molecule has 0 radical (unpaired) electrons. The molecule has 2 heterocycles. The van der Waals surface area contributed by atoms with E-state index in [0.717, 1.165) is 48.1 Å². The Morgan fingerprint density at radius 1 is 1.22 bits per heavy atom. The Hall–Kier alpha value is -2.35. The van der Waals surface area contributed by atoms with Gasteiger partial charge in [-0.05, 0) is 60.2 Å². The van der Waals surface area contributed by atoms with Gasteiger partial charge in [-0.2, -0.15) is 0 Å². The van der Waals surface area contributed by atoms with Crippen molar-refractivity contribution in [3.05, 3.63) is 53.6 Å². The second kappa shape index (κ2) is 8.13. The Bertz CT molecular complexity index is 806. The molecule has 2 aliphatic rings. The summed E-state index contributed by atoms with van der Waals surface area (Å²) >= 11 is 0. The van der Waals surface area contributed by atoms with Gasteiger partial charge in [0.1, 0.15) is 11.5 Å². The smallest absolute Gasteiger partial charge is 0.457 e.